The Kier molecular flexibility index (Phi) is 4.93. The number of piperidine rings is 1. The van der Waals surface area contributed by atoms with Gasteiger partial charge in [-0.15, -0.1) is 11.3 Å². The van der Waals surface area contributed by atoms with Crippen molar-refractivity contribution in [1.29, 1.82) is 0 Å². The van der Waals surface area contributed by atoms with E-state index < -0.39 is 0 Å². The van der Waals surface area contributed by atoms with Crippen LogP contribution in [0, 0.1) is 12.8 Å². The average molecular weight is 331 g/mol. The van der Waals surface area contributed by atoms with E-state index in [4.69, 9.17) is 5.11 Å². The molecule has 2 N–H and O–H groups in total. The number of nitrogens with zero attached hydrogens (tertiary/aromatic N) is 2. The van der Waals surface area contributed by atoms with Gasteiger partial charge in [0.25, 0.3) is 0 Å². The number of benzene rings is 1. The first-order valence-corrected chi connectivity index (χ1v) is 8.73. The zero-order valence-corrected chi connectivity index (χ0v) is 14.0. The average Bonchev–Trinajstić information content (AvgIpc) is 3.02. The molecule has 0 atom stereocenters. The minimum atomic E-state index is -0.0702. The molecule has 2 aromatic rings. The zero-order valence-electron chi connectivity index (χ0n) is 13.2. The standard InChI is InChI=1S/C17H21N3O2S/c1-12-11-23-16(18-12)14-2-4-15(5-3-14)19-17(22)20-8-6-13(10-21)7-9-20/h2-5,11,13,21H,6-10H2,1H3,(H,19,22). The summed E-state index contributed by atoms with van der Waals surface area (Å²) < 4.78 is 0. The summed E-state index contributed by atoms with van der Waals surface area (Å²) in [6.45, 7) is 3.60. The van der Waals surface area contributed by atoms with Crippen LogP contribution in [0.3, 0.4) is 0 Å². The van der Waals surface area contributed by atoms with Crippen LogP contribution in [-0.2, 0) is 0 Å². The Hall–Kier alpha value is -1.92. The molecule has 0 saturated carbocycles. The lowest BCUT2D eigenvalue weighted by molar-refractivity contribution is 0.143. The molecule has 1 aromatic carbocycles. The van der Waals surface area contributed by atoms with Crippen molar-refractivity contribution in [2.75, 3.05) is 25.0 Å². The van der Waals surface area contributed by atoms with Crippen LogP contribution in [-0.4, -0.2) is 40.7 Å². The Labute approximate surface area is 140 Å². The number of urea groups is 1. The molecule has 122 valence electrons. The molecule has 1 aromatic heterocycles. The van der Waals surface area contributed by atoms with Crippen molar-refractivity contribution in [2.45, 2.75) is 19.8 Å². The van der Waals surface area contributed by atoms with Crippen LogP contribution in [0.5, 0.6) is 0 Å². The molecular formula is C17H21N3O2S. The largest absolute Gasteiger partial charge is 0.396 e. The lowest BCUT2D eigenvalue weighted by Gasteiger charge is -2.31. The number of rotatable bonds is 3. The number of hydrogen-bond donors (Lipinski definition) is 2. The fourth-order valence-corrected chi connectivity index (χ4v) is 3.51. The summed E-state index contributed by atoms with van der Waals surface area (Å²) in [5.41, 5.74) is 2.87. The molecular weight excluding hydrogens is 310 g/mol. The summed E-state index contributed by atoms with van der Waals surface area (Å²) in [6.07, 6.45) is 1.73. The molecule has 2 heterocycles. The number of carbonyl (C=O) groups is 1. The number of aryl methyl sites for hydroxylation is 1. The third-order valence-corrected chi connectivity index (χ3v) is 5.17. The highest BCUT2D eigenvalue weighted by molar-refractivity contribution is 7.13. The maximum atomic E-state index is 12.3. The second-order valence-corrected chi connectivity index (χ2v) is 6.77. The summed E-state index contributed by atoms with van der Waals surface area (Å²) in [5.74, 6) is 0.333. The summed E-state index contributed by atoms with van der Waals surface area (Å²) >= 11 is 1.62. The number of likely N-dealkylation sites (tertiary alicyclic amines) is 1. The fourth-order valence-electron chi connectivity index (χ4n) is 2.70. The Balaban J connectivity index is 1.59. The Morgan fingerprint density at radius 3 is 2.61 bits per heavy atom. The van der Waals surface area contributed by atoms with E-state index in [1.807, 2.05) is 41.5 Å². The number of amides is 2. The minimum Gasteiger partial charge on any atom is -0.396 e. The molecule has 23 heavy (non-hydrogen) atoms. The van der Waals surface area contributed by atoms with Crippen molar-refractivity contribution in [3.05, 3.63) is 35.3 Å². The smallest absolute Gasteiger partial charge is 0.321 e. The van der Waals surface area contributed by atoms with Gasteiger partial charge in [0.1, 0.15) is 5.01 Å². The molecule has 0 unspecified atom stereocenters. The maximum Gasteiger partial charge on any atom is 0.321 e. The van der Waals surface area contributed by atoms with Gasteiger partial charge < -0.3 is 15.3 Å². The van der Waals surface area contributed by atoms with Crippen molar-refractivity contribution in [1.82, 2.24) is 9.88 Å². The predicted molar refractivity (Wildman–Crippen MR) is 92.7 cm³/mol. The van der Waals surface area contributed by atoms with Gasteiger partial charge in [0.2, 0.25) is 0 Å². The van der Waals surface area contributed by atoms with Crippen molar-refractivity contribution in [2.24, 2.45) is 5.92 Å². The van der Waals surface area contributed by atoms with Gasteiger partial charge in [0, 0.05) is 42.0 Å². The molecule has 5 nitrogen and oxygen atoms in total. The highest BCUT2D eigenvalue weighted by atomic mass is 32.1. The van der Waals surface area contributed by atoms with Gasteiger partial charge in [-0.1, -0.05) is 0 Å². The second-order valence-electron chi connectivity index (χ2n) is 5.91. The van der Waals surface area contributed by atoms with Gasteiger partial charge >= 0.3 is 6.03 Å². The minimum absolute atomic E-state index is 0.0702. The highest BCUT2D eigenvalue weighted by Crippen LogP contribution is 2.25. The van der Waals surface area contributed by atoms with E-state index in [-0.39, 0.29) is 12.6 Å². The van der Waals surface area contributed by atoms with Crippen LogP contribution in [0.4, 0.5) is 10.5 Å². The topological polar surface area (TPSA) is 65.5 Å². The zero-order chi connectivity index (χ0) is 16.2. The fraction of sp³-hybridized carbons (Fsp3) is 0.412. The van der Waals surface area contributed by atoms with E-state index in [1.165, 1.54) is 0 Å². The quantitative estimate of drug-likeness (QED) is 0.906. The molecule has 1 aliphatic heterocycles. The van der Waals surface area contributed by atoms with Gasteiger partial charge in [-0.25, -0.2) is 9.78 Å². The third kappa shape index (κ3) is 3.89. The van der Waals surface area contributed by atoms with Crippen molar-refractivity contribution < 1.29 is 9.90 Å². The molecule has 6 heteroatoms. The lowest BCUT2D eigenvalue weighted by atomic mass is 9.98. The van der Waals surface area contributed by atoms with E-state index in [2.05, 4.69) is 10.3 Å². The van der Waals surface area contributed by atoms with Crippen LogP contribution < -0.4 is 5.32 Å². The van der Waals surface area contributed by atoms with Crippen LogP contribution in [0.1, 0.15) is 18.5 Å². The van der Waals surface area contributed by atoms with Gasteiger partial charge in [-0.3, -0.25) is 0 Å². The molecule has 1 fully saturated rings. The summed E-state index contributed by atoms with van der Waals surface area (Å²) in [7, 11) is 0. The Bertz CT molecular complexity index is 661. The van der Waals surface area contributed by atoms with Crippen LogP contribution >= 0.6 is 11.3 Å². The number of thiazole rings is 1. The summed E-state index contributed by atoms with van der Waals surface area (Å²) in [5, 5.41) is 15.1. The monoisotopic (exact) mass is 331 g/mol. The third-order valence-electron chi connectivity index (χ3n) is 4.16. The SMILES string of the molecule is Cc1csc(-c2ccc(NC(=O)N3CCC(CO)CC3)cc2)n1. The molecule has 0 aliphatic carbocycles. The van der Waals surface area contributed by atoms with E-state index in [9.17, 15) is 4.79 Å². The van der Waals surface area contributed by atoms with E-state index >= 15 is 0 Å². The highest BCUT2D eigenvalue weighted by Gasteiger charge is 2.22. The molecule has 3 rings (SSSR count). The van der Waals surface area contributed by atoms with Gasteiger partial charge in [0.15, 0.2) is 0 Å². The molecule has 2 amide bonds. The van der Waals surface area contributed by atoms with Gasteiger partial charge in [-0.2, -0.15) is 0 Å². The number of nitrogens with one attached hydrogen (secondary N) is 1. The van der Waals surface area contributed by atoms with Crippen molar-refractivity contribution in [3.63, 3.8) is 0 Å². The van der Waals surface area contributed by atoms with Crippen molar-refractivity contribution in [3.8, 4) is 10.6 Å². The maximum absolute atomic E-state index is 12.3. The summed E-state index contributed by atoms with van der Waals surface area (Å²) in [6, 6.07) is 7.70. The van der Waals surface area contributed by atoms with Gasteiger partial charge in [-0.05, 0) is 49.9 Å². The first-order chi connectivity index (χ1) is 11.2. The van der Waals surface area contributed by atoms with Gasteiger partial charge in [0.05, 0.1) is 0 Å². The van der Waals surface area contributed by atoms with E-state index in [0.29, 0.717) is 19.0 Å². The number of aromatic nitrogens is 1. The summed E-state index contributed by atoms with van der Waals surface area (Å²) in [4.78, 5) is 18.5. The van der Waals surface area contributed by atoms with Crippen LogP contribution in [0.15, 0.2) is 29.6 Å². The molecule has 0 radical (unpaired) electrons. The molecule has 1 aliphatic rings. The predicted octanol–water partition coefficient (Wildman–Crippen LogP) is 3.35. The molecule has 0 bridgehead atoms. The van der Waals surface area contributed by atoms with E-state index in [0.717, 1.165) is 34.8 Å². The number of aliphatic hydroxyl groups is 1. The Morgan fingerprint density at radius 1 is 1.35 bits per heavy atom. The van der Waals surface area contributed by atoms with E-state index in [1.54, 1.807) is 11.3 Å². The first kappa shape index (κ1) is 16.0. The number of hydrogen-bond acceptors (Lipinski definition) is 4. The normalized spacial score (nSPS) is 15.7. The lowest BCUT2D eigenvalue weighted by Crippen LogP contribution is -2.41. The first-order valence-electron chi connectivity index (χ1n) is 7.85. The Morgan fingerprint density at radius 2 is 2.04 bits per heavy atom. The number of carbonyl (C=O) groups excluding carboxylic acids is 1. The molecule has 1 saturated heterocycles. The number of aliphatic hydroxyl groups excluding tert-OH is 1. The van der Waals surface area contributed by atoms with Crippen molar-refractivity contribution >= 4 is 23.1 Å². The van der Waals surface area contributed by atoms with Crippen LogP contribution in [0.25, 0.3) is 10.6 Å². The second kappa shape index (κ2) is 7.10. The number of anilines is 1. The molecule has 0 spiro atoms. The van der Waals surface area contributed by atoms with Crippen LogP contribution in [0.2, 0.25) is 0 Å².